The second kappa shape index (κ2) is 6.52. The molecule has 3 atom stereocenters. The van der Waals surface area contributed by atoms with Crippen LogP contribution >= 0.6 is 0 Å². The molecule has 3 unspecified atom stereocenters. The first-order valence-corrected chi connectivity index (χ1v) is 8.95. The van der Waals surface area contributed by atoms with Crippen molar-refractivity contribution in [2.75, 3.05) is 19.6 Å². The molecule has 19 heavy (non-hydrogen) atoms. The maximum absolute atomic E-state index is 12.3. The third-order valence-electron chi connectivity index (χ3n) is 4.70. The Labute approximate surface area is 117 Å². The van der Waals surface area contributed by atoms with Crippen molar-refractivity contribution >= 4 is 10.2 Å². The number of nitrogens with zero attached hydrogens (tertiary/aromatic N) is 1. The first-order chi connectivity index (χ1) is 9.04. The fraction of sp³-hybridized carbons (Fsp3) is 1.00. The van der Waals surface area contributed by atoms with Gasteiger partial charge in [-0.15, -0.1) is 0 Å². The van der Waals surface area contributed by atoms with E-state index in [1.54, 1.807) is 4.31 Å². The van der Waals surface area contributed by atoms with Gasteiger partial charge >= 0.3 is 0 Å². The average Bonchev–Trinajstić information content (AvgIpc) is 2.84. The lowest BCUT2D eigenvalue weighted by atomic mass is 9.97. The Kier molecular flexibility index (Phi) is 5.22. The van der Waals surface area contributed by atoms with Gasteiger partial charge in [0.15, 0.2) is 0 Å². The molecule has 0 aromatic heterocycles. The Morgan fingerprint density at radius 3 is 2.58 bits per heavy atom. The SMILES string of the molecule is CC1CCCCN1S(=O)(=O)NCC1CCCC1CN. The summed E-state index contributed by atoms with van der Waals surface area (Å²) in [5.41, 5.74) is 5.74. The smallest absolute Gasteiger partial charge is 0.279 e. The van der Waals surface area contributed by atoms with Crippen molar-refractivity contribution in [2.45, 2.75) is 51.5 Å². The summed E-state index contributed by atoms with van der Waals surface area (Å²) in [7, 11) is -3.31. The maximum atomic E-state index is 12.3. The molecule has 112 valence electrons. The van der Waals surface area contributed by atoms with Gasteiger partial charge < -0.3 is 5.73 Å². The number of rotatable bonds is 5. The zero-order valence-electron chi connectivity index (χ0n) is 11.8. The number of hydrogen-bond acceptors (Lipinski definition) is 3. The third kappa shape index (κ3) is 3.68. The highest BCUT2D eigenvalue weighted by Crippen LogP contribution is 2.30. The van der Waals surface area contributed by atoms with Crippen molar-refractivity contribution in [1.29, 1.82) is 0 Å². The van der Waals surface area contributed by atoms with Crippen molar-refractivity contribution in [2.24, 2.45) is 17.6 Å². The van der Waals surface area contributed by atoms with Crippen LogP contribution in [0.4, 0.5) is 0 Å². The van der Waals surface area contributed by atoms with Gasteiger partial charge in [-0.2, -0.15) is 12.7 Å². The molecule has 0 bridgehead atoms. The van der Waals surface area contributed by atoms with Gasteiger partial charge in [0.2, 0.25) is 0 Å². The molecule has 1 heterocycles. The van der Waals surface area contributed by atoms with E-state index < -0.39 is 10.2 Å². The fourth-order valence-corrected chi connectivity index (χ4v) is 4.96. The fourth-order valence-electron chi connectivity index (χ4n) is 3.42. The molecule has 3 N–H and O–H groups in total. The van der Waals surface area contributed by atoms with Gasteiger partial charge in [-0.05, 0) is 51.0 Å². The third-order valence-corrected chi connectivity index (χ3v) is 6.39. The van der Waals surface area contributed by atoms with E-state index in [0.717, 1.165) is 32.1 Å². The van der Waals surface area contributed by atoms with E-state index in [9.17, 15) is 8.42 Å². The van der Waals surface area contributed by atoms with Crippen molar-refractivity contribution in [3.8, 4) is 0 Å². The molecule has 2 fully saturated rings. The van der Waals surface area contributed by atoms with Gasteiger partial charge in [-0.25, -0.2) is 4.72 Å². The topological polar surface area (TPSA) is 75.4 Å². The predicted octanol–water partition coefficient (Wildman–Crippen LogP) is 1.07. The van der Waals surface area contributed by atoms with Crippen LogP contribution in [0.2, 0.25) is 0 Å². The largest absolute Gasteiger partial charge is 0.330 e. The highest BCUT2D eigenvalue weighted by Gasteiger charge is 2.32. The summed E-state index contributed by atoms with van der Waals surface area (Å²) in [5.74, 6) is 0.904. The molecule has 0 aromatic carbocycles. The normalized spacial score (nSPS) is 33.7. The molecule has 0 amide bonds. The Balaban J connectivity index is 1.90. The summed E-state index contributed by atoms with van der Waals surface area (Å²) in [4.78, 5) is 0. The van der Waals surface area contributed by atoms with Gasteiger partial charge in [-0.1, -0.05) is 12.8 Å². The van der Waals surface area contributed by atoms with Gasteiger partial charge in [0.25, 0.3) is 10.2 Å². The Morgan fingerprint density at radius 1 is 1.16 bits per heavy atom. The number of nitrogens with two attached hydrogens (primary N) is 1. The molecule has 0 spiro atoms. The van der Waals surface area contributed by atoms with E-state index in [1.165, 1.54) is 6.42 Å². The van der Waals surface area contributed by atoms with E-state index in [0.29, 0.717) is 31.5 Å². The molecule has 2 aliphatic rings. The Morgan fingerprint density at radius 2 is 1.89 bits per heavy atom. The van der Waals surface area contributed by atoms with E-state index in [1.807, 2.05) is 6.92 Å². The molecule has 0 radical (unpaired) electrons. The van der Waals surface area contributed by atoms with Crippen LogP contribution in [-0.2, 0) is 10.2 Å². The lowest BCUT2D eigenvalue weighted by molar-refractivity contribution is 0.263. The Hall–Kier alpha value is -0.170. The van der Waals surface area contributed by atoms with E-state index in [2.05, 4.69) is 4.72 Å². The molecule has 1 aliphatic carbocycles. The van der Waals surface area contributed by atoms with Crippen molar-refractivity contribution in [1.82, 2.24) is 9.03 Å². The minimum atomic E-state index is -3.31. The van der Waals surface area contributed by atoms with Gasteiger partial charge in [0.1, 0.15) is 0 Å². The summed E-state index contributed by atoms with van der Waals surface area (Å²) in [6, 6.07) is 0.125. The summed E-state index contributed by atoms with van der Waals surface area (Å²) >= 11 is 0. The number of piperidine rings is 1. The van der Waals surface area contributed by atoms with Crippen molar-refractivity contribution in [3.05, 3.63) is 0 Å². The van der Waals surface area contributed by atoms with Crippen LogP contribution in [0.15, 0.2) is 0 Å². The standard InChI is InChI=1S/C13H27N3O2S/c1-11-5-2-3-8-16(11)19(17,18)15-10-13-7-4-6-12(13)9-14/h11-13,15H,2-10,14H2,1H3. The summed E-state index contributed by atoms with van der Waals surface area (Å²) in [6.07, 6.45) is 6.48. The van der Waals surface area contributed by atoms with Crippen molar-refractivity contribution in [3.63, 3.8) is 0 Å². The van der Waals surface area contributed by atoms with E-state index >= 15 is 0 Å². The van der Waals surface area contributed by atoms with Crippen LogP contribution in [0.25, 0.3) is 0 Å². The first kappa shape index (κ1) is 15.2. The number of nitrogens with one attached hydrogen (secondary N) is 1. The maximum Gasteiger partial charge on any atom is 0.279 e. The summed E-state index contributed by atoms with van der Waals surface area (Å²) in [5, 5.41) is 0. The van der Waals surface area contributed by atoms with Crippen LogP contribution in [0.5, 0.6) is 0 Å². The lowest BCUT2D eigenvalue weighted by Gasteiger charge is -2.32. The zero-order valence-corrected chi connectivity index (χ0v) is 12.7. The molecule has 0 aromatic rings. The zero-order chi connectivity index (χ0) is 13.9. The van der Waals surface area contributed by atoms with Crippen LogP contribution < -0.4 is 10.5 Å². The molecule has 6 heteroatoms. The van der Waals surface area contributed by atoms with E-state index in [-0.39, 0.29) is 6.04 Å². The second-order valence-electron chi connectivity index (χ2n) is 6.00. The number of hydrogen-bond donors (Lipinski definition) is 2. The molecular formula is C13H27N3O2S. The highest BCUT2D eigenvalue weighted by atomic mass is 32.2. The Bertz CT molecular complexity index is 385. The summed E-state index contributed by atoms with van der Waals surface area (Å²) in [6.45, 7) is 3.87. The van der Waals surface area contributed by atoms with Crippen molar-refractivity contribution < 1.29 is 8.42 Å². The second-order valence-corrected chi connectivity index (χ2v) is 7.70. The highest BCUT2D eigenvalue weighted by molar-refractivity contribution is 7.87. The van der Waals surface area contributed by atoms with Crippen LogP contribution in [-0.4, -0.2) is 38.4 Å². The molecular weight excluding hydrogens is 262 g/mol. The molecule has 2 rings (SSSR count). The monoisotopic (exact) mass is 289 g/mol. The minimum Gasteiger partial charge on any atom is -0.330 e. The summed E-state index contributed by atoms with van der Waals surface area (Å²) < 4.78 is 29.1. The average molecular weight is 289 g/mol. The molecule has 5 nitrogen and oxygen atoms in total. The quantitative estimate of drug-likeness (QED) is 0.795. The van der Waals surface area contributed by atoms with Crippen LogP contribution in [0.1, 0.15) is 45.4 Å². The lowest BCUT2D eigenvalue weighted by Crippen LogP contribution is -2.49. The van der Waals surface area contributed by atoms with E-state index in [4.69, 9.17) is 5.73 Å². The van der Waals surface area contributed by atoms with Crippen LogP contribution in [0.3, 0.4) is 0 Å². The van der Waals surface area contributed by atoms with Gasteiger partial charge in [0, 0.05) is 19.1 Å². The molecule has 1 saturated carbocycles. The van der Waals surface area contributed by atoms with Gasteiger partial charge in [-0.3, -0.25) is 0 Å². The van der Waals surface area contributed by atoms with Crippen LogP contribution in [0, 0.1) is 11.8 Å². The first-order valence-electron chi connectivity index (χ1n) is 7.51. The predicted molar refractivity (Wildman–Crippen MR) is 76.8 cm³/mol. The molecule has 1 saturated heterocycles. The minimum absolute atomic E-state index is 0.125. The van der Waals surface area contributed by atoms with Gasteiger partial charge in [0.05, 0.1) is 0 Å². The molecule has 1 aliphatic heterocycles.